The van der Waals surface area contributed by atoms with Crippen molar-refractivity contribution in [2.75, 3.05) is 0 Å². The van der Waals surface area contributed by atoms with Gasteiger partial charge < -0.3 is 10.2 Å². The third-order valence-electron chi connectivity index (χ3n) is 6.83. The molecule has 0 aromatic heterocycles. The van der Waals surface area contributed by atoms with Gasteiger partial charge in [0.05, 0.1) is 0 Å². The molecule has 0 atom stereocenters. The highest BCUT2D eigenvalue weighted by Gasteiger charge is 2.56. The van der Waals surface area contributed by atoms with E-state index >= 15 is 0 Å². The van der Waals surface area contributed by atoms with Crippen LogP contribution in [-0.4, -0.2) is 10.2 Å². The van der Waals surface area contributed by atoms with Crippen LogP contribution in [0.5, 0.6) is 11.5 Å². The van der Waals surface area contributed by atoms with Gasteiger partial charge in [0.15, 0.2) is 0 Å². The predicted molar refractivity (Wildman–Crippen MR) is 98.4 cm³/mol. The summed E-state index contributed by atoms with van der Waals surface area (Å²) in [5.74, 6) is 0.597. The van der Waals surface area contributed by atoms with Crippen LogP contribution in [0.4, 0.5) is 0 Å². The summed E-state index contributed by atoms with van der Waals surface area (Å²) in [5.41, 5.74) is 2.54. The highest BCUT2D eigenvalue weighted by molar-refractivity contribution is 5.46. The Balaban J connectivity index is 2.28. The van der Waals surface area contributed by atoms with Crippen LogP contribution in [-0.2, 0) is 5.41 Å². The molecular formula is C22H28O2. The Bertz CT molecular complexity index is 663. The number of hydrogen-bond donors (Lipinski definition) is 2. The molecule has 1 saturated carbocycles. The highest BCUT2D eigenvalue weighted by atomic mass is 16.3. The summed E-state index contributed by atoms with van der Waals surface area (Å²) < 4.78 is 0. The van der Waals surface area contributed by atoms with Crippen molar-refractivity contribution < 1.29 is 10.2 Å². The number of benzene rings is 2. The third-order valence-corrected chi connectivity index (χ3v) is 6.83. The lowest BCUT2D eigenvalue weighted by molar-refractivity contribution is -0.0153. The van der Waals surface area contributed by atoms with Gasteiger partial charge in [-0.1, -0.05) is 58.4 Å². The molecule has 0 bridgehead atoms. The molecule has 2 aromatic carbocycles. The van der Waals surface area contributed by atoms with Gasteiger partial charge in [0.2, 0.25) is 0 Å². The lowest BCUT2D eigenvalue weighted by Crippen LogP contribution is -2.54. The number of phenols is 2. The molecule has 0 aliphatic heterocycles. The standard InChI is InChI=1S/C22H28O2/c1-20(2)14-5-15-22(21(20,3)4,16-6-10-18(23)11-7-16)17-8-12-19(24)13-9-17/h6-13,23-24H,5,14-15H2,1-4H3. The second-order valence-corrected chi connectivity index (χ2v) is 8.36. The quantitative estimate of drug-likeness (QED) is 0.752. The van der Waals surface area contributed by atoms with E-state index in [4.69, 9.17) is 0 Å². The van der Waals surface area contributed by atoms with E-state index < -0.39 is 0 Å². The predicted octanol–water partition coefficient (Wildman–Crippen LogP) is 5.62. The average molecular weight is 324 g/mol. The molecule has 0 heterocycles. The minimum Gasteiger partial charge on any atom is -0.508 e. The molecule has 1 aliphatic carbocycles. The molecule has 0 unspecified atom stereocenters. The molecule has 1 fully saturated rings. The Morgan fingerprint density at radius 3 is 1.50 bits per heavy atom. The molecule has 2 nitrogen and oxygen atoms in total. The molecule has 128 valence electrons. The van der Waals surface area contributed by atoms with Gasteiger partial charge in [-0.3, -0.25) is 0 Å². The van der Waals surface area contributed by atoms with E-state index in [1.165, 1.54) is 17.5 Å². The lowest BCUT2D eigenvalue weighted by atomic mass is 9.44. The maximum absolute atomic E-state index is 9.75. The summed E-state index contributed by atoms with van der Waals surface area (Å²) in [4.78, 5) is 0. The first-order chi connectivity index (χ1) is 11.2. The van der Waals surface area contributed by atoms with Gasteiger partial charge in [-0.2, -0.15) is 0 Å². The van der Waals surface area contributed by atoms with Gasteiger partial charge in [0, 0.05) is 5.41 Å². The molecular weight excluding hydrogens is 296 g/mol. The molecule has 2 heteroatoms. The summed E-state index contributed by atoms with van der Waals surface area (Å²) in [6.07, 6.45) is 3.44. The van der Waals surface area contributed by atoms with Crippen LogP contribution in [0.25, 0.3) is 0 Å². The van der Waals surface area contributed by atoms with Crippen molar-refractivity contribution >= 4 is 0 Å². The van der Waals surface area contributed by atoms with Crippen LogP contribution in [0.1, 0.15) is 58.1 Å². The van der Waals surface area contributed by atoms with Crippen molar-refractivity contribution in [2.24, 2.45) is 10.8 Å². The molecule has 2 N–H and O–H groups in total. The third kappa shape index (κ3) is 2.31. The van der Waals surface area contributed by atoms with Gasteiger partial charge >= 0.3 is 0 Å². The van der Waals surface area contributed by atoms with Gasteiger partial charge in [-0.05, 0) is 59.1 Å². The van der Waals surface area contributed by atoms with E-state index in [0.29, 0.717) is 11.5 Å². The fourth-order valence-electron chi connectivity index (χ4n) is 4.67. The Kier molecular flexibility index (Phi) is 3.90. The van der Waals surface area contributed by atoms with Gasteiger partial charge in [0.1, 0.15) is 11.5 Å². The van der Waals surface area contributed by atoms with Gasteiger partial charge in [-0.15, -0.1) is 0 Å². The minimum atomic E-state index is -0.143. The second kappa shape index (κ2) is 5.54. The van der Waals surface area contributed by atoms with Crippen LogP contribution < -0.4 is 0 Å². The van der Waals surface area contributed by atoms with E-state index in [-0.39, 0.29) is 16.2 Å². The fourth-order valence-corrected chi connectivity index (χ4v) is 4.67. The summed E-state index contributed by atoms with van der Waals surface area (Å²) in [7, 11) is 0. The van der Waals surface area contributed by atoms with Crippen LogP contribution >= 0.6 is 0 Å². The first-order valence-electron chi connectivity index (χ1n) is 8.80. The second-order valence-electron chi connectivity index (χ2n) is 8.36. The van der Waals surface area contributed by atoms with Crippen LogP contribution in [0.15, 0.2) is 48.5 Å². The van der Waals surface area contributed by atoms with Crippen molar-refractivity contribution in [1.82, 2.24) is 0 Å². The Labute approximate surface area is 145 Å². The summed E-state index contributed by atoms with van der Waals surface area (Å²) in [5, 5.41) is 19.5. The van der Waals surface area contributed by atoms with E-state index in [0.717, 1.165) is 12.8 Å². The monoisotopic (exact) mass is 324 g/mol. The molecule has 24 heavy (non-hydrogen) atoms. The topological polar surface area (TPSA) is 40.5 Å². The lowest BCUT2D eigenvalue weighted by Gasteiger charge is -2.59. The zero-order chi connectivity index (χ0) is 17.6. The molecule has 0 amide bonds. The first-order valence-corrected chi connectivity index (χ1v) is 8.80. The summed E-state index contributed by atoms with van der Waals surface area (Å²) in [6, 6.07) is 15.4. The van der Waals surface area contributed by atoms with Gasteiger partial charge in [-0.25, -0.2) is 0 Å². The number of rotatable bonds is 2. The fraction of sp³-hybridized carbons (Fsp3) is 0.455. The normalized spacial score (nSPS) is 21.3. The maximum atomic E-state index is 9.75. The van der Waals surface area contributed by atoms with E-state index in [1.807, 2.05) is 0 Å². The number of aromatic hydroxyl groups is 2. The maximum Gasteiger partial charge on any atom is 0.115 e. The van der Waals surface area contributed by atoms with Crippen LogP contribution in [0.2, 0.25) is 0 Å². The van der Waals surface area contributed by atoms with Crippen molar-refractivity contribution in [3.63, 3.8) is 0 Å². The van der Waals surface area contributed by atoms with E-state index in [9.17, 15) is 10.2 Å². The SMILES string of the molecule is CC1(C)CCCC(c2ccc(O)cc2)(c2ccc(O)cc2)C1(C)C. The molecule has 2 aromatic rings. The van der Waals surface area contributed by atoms with Crippen LogP contribution in [0.3, 0.4) is 0 Å². The number of hydrogen-bond acceptors (Lipinski definition) is 2. The zero-order valence-corrected chi connectivity index (χ0v) is 15.1. The summed E-state index contributed by atoms with van der Waals surface area (Å²) >= 11 is 0. The van der Waals surface area contributed by atoms with E-state index in [1.54, 1.807) is 24.3 Å². The largest absolute Gasteiger partial charge is 0.508 e. The first kappa shape index (κ1) is 16.9. The average Bonchev–Trinajstić information content (AvgIpc) is 2.52. The Morgan fingerprint density at radius 2 is 1.08 bits per heavy atom. The Morgan fingerprint density at radius 1 is 0.667 bits per heavy atom. The van der Waals surface area contributed by atoms with Crippen molar-refractivity contribution in [2.45, 2.75) is 52.4 Å². The molecule has 3 rings (SSSR count). The number of phenolic OH excluding ortho intramolecular Hbond substituents is 2. The Hall–Kier alpha value is -1.96. The van der Waals surface area contributed by atoms with Crippen molar-refractivity contribution in [1.29, 1.82) is 0 Å². The minimum absolute atomic E-state index is 0.0200. The van der Waals surface area contributed by atoms with Crippen molar-refractivity contribution in [3.05, 3.63) is 59.7 Å². The molecule has 0 spiro atoms. The van der Waals surface area contributed by atoms with Crippen molar-refractivity contribution in [3.8, 4) is 11.5 Å². The molecule has 0 radical (unpaired) electrons. The van der Waals surface area contributed by atoms with Gasteiger partial charge in [0.25, 0.3) is 0 Å². The smallest absolute Gasteiger partial charge is 0.115 e. The molecule has 1 aliphatic rings. The van der Waals surface area contributed by atoms with Crippen LogP contribution in [0, 0.1) is 10.8 Å². The van der Waals surface area contributed by atoms with E-state index in [2.05, 4.69) is 52.0 Å². The zero-order valence-electron chi connectivity index (χ0n) is 15.1. The molecule has 0 saturated heterocycles. The summed E-state index contributed by atoms with van der Waals surface area (Å²) in [6.45, 7) is 9.46. The highest BCUT2D eigenvalue weighted by Crippen LogP contribution is 2.63.